The predicted octanol–water partition coefficient (Wildman–Crippen LogP) is 1.71. The maximum absolute atomic E-state index is 11.7. The van der Waals surface area contributed by atoms with E-state index in [0.717, 1.165) is 6.42 Å². The molecule has 1 unspecified atom stereocenters. The first-order chi connectivity index (χ1) is 8.32. The van der Waals surface area contributed by atoms with E-state index in [1.54, 1.807) is 12.1 Å². The predicted molar refractivity (Wildman–Crippen MR) is 70.5 cm³/mol. The van der Waals surface area contributed by atoms with Crippen LogP contribution in [-0.2, 0) is 14.8 Å². The molecule has 0 spiro atoms. The minimum Gasteiger partial charge on any atom is -0.326 e. The van der Waals surface area contributed by atoms with Gasteiger partial charge in [0.15, 0.2) is 0 Å². The van der Waals surface area contributed by atoms with E-state index in [1.165, 1.54) is 12.1 Å². The van der Waals surface area contributed by atoms with Crippen molar-refractivity contribution in [2.45, 2.75) is 31.6 Å². The molecule has 5 nitrogen and oxygen atoms in total. The molecule has 3 N–H and O–H groups in total. The van der Waals surface area contributed by atoms with E-state index in [1.807, 2.05) is 13.8 Å². The lowest BCUT2D eigenvalue weighted by molar-refractivity contribution is -0.117. The molecule has 18 heavy (non-hydrogen) atoms. The van der Waals surface area contributed by atoms with E-state index in [-0.39, 0.29) is 10.8 Å². The molecule has 0 aliphatic rings. The number of rotatable bonds is 5. The molecular formula is C12H18N2O3S. The fraction of sp³-hybridized carbons (Fsp3) is 0.417. The fourth-order valence-corrected chi connectivity index (χ4v) is 1.98. The number of hydrogen-bond donors (Lipinski definition) is 2. The highest BCUT2D eigenvalue weighted by atomic mass is 32.2. The van der Waals surface area contributed by atoms with Gasteiger partial charge in [0.25, 0.3) is 0 Å². The molecule has 1 atom stereocenters. The normalized spacial score (nSPS) is 13.1. The Hall–Kier alpha value is -1.40. The molecule has 0 aliphatic heterocycles. The van der Waals surface area contributed by atoms with Gasteiger partial charge in [-0.2, -0.15) is 0 Å². The summed E-state index contributed by atoms with van der Waals surface area (Å²) in [4.78, 5) is 11.6. The molecule has 6 heteroatoms. The van der Waals surface area contributed by atoms with Gasteiger partial charge in [-0.05, 0) is 24.1 Å². The third-order valence-corrected chi connectivity index (χ3v) is 3.59. The highest BCUT2D eigenvalue weighted by Gasteiger charge is 2.10. The monoisotopic (exact) mass is 270 g/mol. The lowest BCUT2D eigenvalue weighted by Gasteiger charge is -2.09. The summed E-state index contributed by atoms with van der Waals surface area (Å²) in [6.07, 6.45) is 1.33. The molecule has 1 aromatic rings. The van der Waals surface area contributed by atoms with E-state index in [0.29, 0.717) is 18.0 Å². The van der Waals surface area contributed by atoms with Crippen molar-refractivity contribution in [3.05, 3.63) is 24.3 Å². The third kappa shape index (κ3) is 4.46. The average molecular weight is 270 g/mol. The van der Waals surface area contributed by atoms with Crippen molar-refractivity contribution < 1.29 is 13.2 Å². The Kier molecular flexibility index (Phi) is 4.86. The van der Waals surface area contributed by atoms with Gasteiger partial charge in [0.05, 0.1) is 4.90 Å². The van der Waals surface area contributed by atoms with Crippen molar-refractivity contribution in [2.75, 3.05) is 5.32 Å². The van der Waals surface area contributed by atoms with Crippen LogP contribution in [0.1, 0.15) is 26.7 Å². The van der Waals surface area contributed by atoms with E-state index in [2.05, 4.69) is 5.32 Å². The number of nitrogens with one attached hydrogen (secondary N) is 1. The standard InChI is InChI=1S/C12H18N2O3S/c1-3-9(2)7-12(15)14-10-5-4-6-11(8-10)18(13,16)17/h4-6,8-9H,3,7H2,1-2H3,(H,14,15)(H2,13,16,17). The van der Waals surface area contributed by atoms with Gasteiger partial charge in [-0.3, -0.25) is 4.79 Å². The van der Waals surface area contributed by atoms with Crippen molar-refractivity contribution in [3.8, 4) is 0 Å². The maximum Gasteiger partial charge on any atom is 0.238 e. The van der Waals surface area contributed by atoms with Crippen LogP contribution in [0.4, 0.5) is 5.69 Å². The van der Waals surface area contributed by atoms with E-state index < -0.39 is 10.0 Å². The van der Waals surface area contributed by atoms with Gasteiger partial charge in [0.1, 0.15) is 0 Å². The van der Waals surface area contributed by atoms with Crippen LogP contribution in [-0.4, -0.2) is 14.3 Å². The summed E-state index contributed by atoms with van der Waals surface area (Å²) in [5, 5.41) is 7.68. The second kappa shape index (κ2) is 5.97. The summed E-state index contributed by atoms with van der Waals surface area (Å²) in [5.74, 6) is 0.169. The average Bonchev–Trinajstić information content (AvgIpc) is 2.27. The fourth-order valence-electron chi connectivity index (χ4n) is 1.42. The molecule has 0 saturated carbocycles. The number of benzene rings is 1. The maximum atomic E-state index is 11.7. The number of carbonyl (C=O) groups is 1. The smallest absolute Gasteiger partial charge is 0.238 e. The first-order valence-electron chi connectivity index (χ1n) is 5.75. The van der Waals surface area contributed by atoms with Gasteiger partial charge in [0.2, 0.25) is 15.9 Å². The Morgan fingerprint density at radius 1 is 1.44 bits per heavy atom. The van der Waals surface area contributed by atoms with Gasteiger partial charge >= 0.3 is 0 Å². The third-order valence-electron chi connectivity index (χ3n) is 2.68. The molecule has 0 fully saturated rings. The van der Waals surface area contributed by atoms with Crippen molar-refractivity contribution in [1.82, 2.24) is 0 Å². The molecular weight excluding hydrogens is 252 g/mol. The number of nitrogens with two attached hydrogens (primary N) is 1. The summed E-state index contributed by atoms with van der Waals surface area (Å²) in [5.41, 5.74) is 0.440. The first-order valence-corrected chi connectivity index (χ1v) is 7.30. The Labute approximate surface area is 107 Å². The van der Waals surface area contributed by atoms with Gasteiger partial charge in [-0.1, -0.05) is 26.3 Å². The molecule has 0 radical (unpaired) electrons. The largest absolute Gasteiger partial charge is 0.326 e. The van der Waals surface area contributed by atoms with Crippen molar-refractivity contribution in [2.24, 2.45) is 11.1 Å². The number of amides is 1. The van der Waals surface area contributed by atoms with Crippen molar-refractivity contribution in [1.29, 1.82) is 0 Å². The van der Waals surface area contributed by atoms with Crippen LogP contribution in [0.3, 0.4) is 0 Å². The Morgan fingerprint density at radius 2 is 2.11 bits per heavy atom. The van der Waals surface area contributed by atoms with Crippen LogP contribution >= 0.6 is 0 Å². The van der Waals surface area contributed by atoms with Crippen LogP contribution in [0, 0.1) is 5.92 Å². The topological polar surface area (TPSA) is 89.3 Å². The number of anilines is 1. The quantitative estimate of drug-likeness (QED) is 0.853. The van der Waals surface area contributed by atoms with E-state index in [4.69, 9.17) is 5.14 Å². The SMILES string of the molecule is CCC(C)CC(=O)Nc1cccc(S(N)(=O)=O)c1. The molecule has 0 aromatic heterocycles. The zero-order chi connectivity index (χ0) is 13.8. The summed E-state index contributed by atoms with van der Waals surface area (Å²) in [7, 11) is -3.74. The van der Waals surface area contributed by atoms with Crippen molar-refractivity contribution in [3.63, 3.8) is 0 Å². The zero-order valence-electron chi connectivity index (χ0n) is 10.5. The number of sulfonamides is 1. The molecule has 0 saturated heterocycles. The van der Waals surface area contributed by atoms with Crippen molar-refractivity contribution >= 4 is 21.6 Å². The van der Waals surface area contributed by atoms with E-state index >= 15 is 0 Å². The highest BCUT2D eigenvalue weighted by molar-refractivity contribution is 7.89. The second-order valence-electron chi connectivity index (χ2n) is 4.34. The highest BCUT2D eigenvalue weighted by Crippen LogP contribution is 2.15. The summed E-state index contributed by atoms with van der Waals surface area (Å²) in [6.45, 7) is 4.00. The number of primary sulfonamides is 1. The van der Waals surface area contributed by atoms with Gasteiger partial charge in [-0.25, -0.2) is 13.6 Å². The van der Waals surface area contributed by atoms with Crippen LogP contribution in [0.15, 0.2) is 29.2 Å². The minimum absolute atomic E-state index is 0.0103. The molecule has 0 bridgehead atoms. The summed E-state index contributed by atoms with van der Waals surface area (Å²) in [6, 6.07) is 5.91. The molecule has 0 aliphatic carbocycles. The lowest BCUT2D eigenvalue weighted by Crippen LogP contribution is -2.16. The van der Waals surface area contributed by atoms with Gasteiger partial charge in [0, 0.05) is 12.1 Å². The Bertz CT molecular complexity index is 526. The molecule has 100 valence electrons. The minimum atomic E-state index is -3.74. The lowest BCUT2D eigenvalue weighted by atomic mass is 10.1. The van der Waals surface area contributed by atoms with E-state index in [9.17, 15) is 13.2 Å². The summed E-state index contributed by atoms with van der Waals surface area (Å²) < 4.78 is 22.3. The summed E-state index contributed by atoms with van der Waals surface area (Å²) >= 11 is 0. The second-order valence-corrected chi connectivity index (χ2v) is 5.90. The first kappa shape index (κ1) is 14.7. The van der Waals surface area contributed by atoms with Crippen LogP contribution in [0.2, 0.25) is 0 Å². The molecule has 1 amide bonds. The Morgan fingerprint density at radius 3 is 2.67 bits per heavy atom. The molecule has 0 heterocycles. The van der Waals surface area contributed by atoms with Gasteiger partial charge < -0.3 is 5.32 Å². The number of hydrogen-bond acceptors (Lipinski definition) is 3. The van der Waals surface area contributed by atoms with Gasteiger partial charge in [-0.15, -0.1) is 0 Å². The van der Waals surface area contributed by atoms with Crippen LogP contribution < -0.4 is 10.5 Å². The Balaban J connectivity index is 2.77. The van der Waals surface area contributed by atoms with Crippen LogP contribution in [0.25, 0.3) is 0 Å². The molecule has 1 aromatic carbocycles. The number of carbonyl (C=O) groups excluding carboxylic acids is 1. The van der Waals surface area contributed by atoms with Crippen LogP contribution in [0.5, 0.6) is 0 Å². The zero-order valence-corrected chi connectivity index (χ0v) is 11.3. The molecule has 1 rings (SSSR count).